The van der Waals surface area contributed by atoms with Gasteiger partial charge in [-0.05, 0) is 74.5 Å². The van der Waals surface area contributed by atoms with Crippen molar-refractivity contribution in [2.45, 2.75) is 12.8 Å². The molecule has 0 unspecified atom stereocenters. The van der Waals surface area contributed by atoms with Gasteiger partial charge >= 0.3 is 0 Å². The number of nitrogen functional groups attached to an aromatic ring is 1. The summed E-state index contributed by atoms with van der Waals surface area (Å²) >= 11 is 0. The summed E-state index contributed by atoms with van der Waals surface area (Å²) in [5, 5.41) is 8.26. The van der Waals surface area contributed by atoms with Gasteiger partial charge in [0, 0.05) is 34.9 Å². The SMILES string of the molecule is Nc1nc(Nc2ccc(OCCN3CCCC3)cc2)nn1C(=O)c1ccc2[nH]ccc2c1. The third kappa shape index (κ3) is 4.28. The molecule has 0 bridgehead atoms. The number of ether oxygens (including phenoxy) is 1. The van der Waals surface area contributed by atoms with E-state index < -0.39 is 0 Å². The van der Waals surface area contributed by atoms with Gasteiger partial charge in [-0.2, -0.15) is 9.67 Å². The summed E-state index contributed by atoms with van der Waals surface area (Å²) in [6.45, 7) is 3.95. The Morgan fingerprint density at radius 2 is 1.94 bits per heavy atom. The fraction of sp³-hybridized carbons (Fsp3) is 0.261. The number of fused-ring (bicyclic) bond motifs is 1. The molecule has 164 valence electrons. The molecule has 0 spiro atoms. The molecule has 4 N–H and O–H groups in total. The molecule has 9 heteroatoms. The first-order valence-corrected chi connectivity index (χ1v) is 10.7. The van der Waals surface area contributed by atoms with Crippen molar-refractivity contribution in [1.82, 2.24) is 24.6 Å². The minimum atomic E-state index is -0.340. The van der Waals surface area contributed by atoms with E-state index in [0.29, 0.717) is 12.2 Å². The second-order valence-electron chi connectivity index (χ2n) is 7.84. The number of hydrogen-bond acceptors (Lipinski definition) is 7. The predicted octanol–water partition coefficient (Wildman–Crippen LogP) is 3.25. The summed E-state index contributed by atoms with van der Waals surface area (Å²) in [6, 6.07) is 14.8. The Bertz CT molecular complexity index is 1220. The van der Waals surface area contributed by atoms with Crippen LogP contribution < -0.4 is 15.8 Å². The molecule has 3 heterocycles. The largest absolute Gasteiger partial charge is 0.492 e. The normalized spacial score (nSPS) is 14.1. The van der Waals surface area contributed by atoms with Crippen LogP contribution in [-0.4, -0.2) is 56.8 Å². The van der Waals surface area contributed by atoms with Gasteiger partial charge < -0.3 is 20.8 Å². The van der Waals surface area contributed by atoms with Gasteiger partial charge in [-0.15, -0.1) is 5.10 Å². The molecule has 1 aliphatic heterocycles. The Balaban J connectivity index is 1.22. The third-order valence-corrected chi connectivity index (χ3v) is 5.61. The van der Waals surface area contributed by atoms with Crippen LogP contribution >= 0.6 is 0 Å². The Kier molecular flexibility index (Phi) is 5.47. The lowest BCUT2D eigenvalue weighted by Crippen LogP contribution is -2.25. The molecule has 1 aliphatic rings. The van der Waals surface area contributed by atoms with Crippen LogP contribution in [0.4, 0.5) is 17.6 Å². The summed E-state index contributed by atoms with van der Waals surface area (Å²) in [7, 11) is 0. The quantitative estimate of drug-likeness (QED) is 0.411. The Hall–Kier alpha value is -3.85. The van der Waals surface area contributed by atoms with Gasteiger partial charge in [0.2, 0.25) is 11.9 Å². The van der Waals surface area contributed by atoms with Crippen LogP contribution in [0.15, 0.2) is 54.7 Å². The smallest absolute Gasteiger partial charge is 0.281 e. The van der Waals surface area contributed by atoms with Crippen LogP contribution in [0.1, 0.15) is 23.2 Å². The molecule has 0 amide bonds. The highest BCUT2D eigenvalue weighted by Gasteiger charge is 2.17. The summed E-state index contributed by atoms with van der Waals surface area (Å²) in [6.07, 6.45) is 4.39. The summed E-state index contributed by atoms with van der Waals surface area (Å²) in [5.74, 6) is 0.741. The number of hydrogen-bond donors (Lipinski definition) is 3. The lowest BCUT2D eigenvalue weighted by Gasteiger charge is -2.15. The molecule has 32 heavy (non-hydrogen) atoms. The van der Waals surface area contributed by atoms with Crippen molar-refractivity contribution in [3.05, 3.63) is 60.3 Å². The van der Waals surface area contributed by atoms with Gasteiger partial charge in [0.1, 0.15) is 12.4 Å². The van der Waals surface area contributed by atoms with Gasteiger partial charge in [0.25, 0.3) is 5.91 Å². The zero-order valence-electron chi connectivity index (χ0n) is 17.6. The van der Waals surface area contributed by atoms with Gasteiger partial charge in [-0.1, -0.05) is 0 Å². The second-order valence-corrected chi connectivity index (χ2v) is 7.84. The Morgan fingerprint density at radius 1 is 1.12 bits per heavy atom. The maximum absolute atomic E-state index is 12.9. The van der Waals surface area contributed by atoms with Crippen molar-refractivity contribution < 1.29 is 9.53 Å². The van der Waals surface area contributed by atoms with E-state index in [1.807, 2.05) is 42.6 Å². The molecule has 0 aliphatic carbocycles. The first-order valence-electron chi connectivity index (χ1n) is 10.7. The average Bonchev–Trinajstić information content (AvgIpc) is 3.55. The van der Waals surface area contributed by atoms with E-state index in [2.05, 4.69) is 25.3 Å². The maximum Gasteiger partial charge on any atom is 0.281 e. The molecule has 0 atom stereocenters. The van der Waals surface area contributed by atoms with Crippen LogP contribution in [0.2, 0.25) is 0 Å². The monoisotopic (exact) mass is 431 g/mol. The van der Waals surface area contributed by atoms with Crippen LogP contribution in [0.3, 0.4) is 0 Å². The molecule has 0 radical (unpaired) electrons. The van der Waals surface area contributed by atoms with Crippen LogP contribution in [-0.2, 0) is 0 Å². The predicted molar refractivity (Wildman–Crippen MR) is 123 cm³/mol. The minimum Gasteiger partial charge on any atom is -0.492 e. The van der Waals surface area contributed by atoms with E-state index >= 15 is 0 Å². The number of nitrogens with two attached hydrogens (primary N) is 1. The number of carbonyl (C=O) groups excluding carboxylic acids is 1. The van der Waals surface area contributed by atoms with Crippen molar-refractivity contribution in [1.29, 1.82) is 0 Å². The average molecular weight is 432 g/mol. The van der Waals surface area contributed by atoms with Crippen molar-refractivity contribution in [2.75, 3.05) is 37.3 Å². The number of likely N-dealkylation sites (tertiary alicyclic amines) is 1. The number of benzene rings is 2. The molecule has 0 saturated carbocycles. The number of nitrogens with zero attached hydrogens (tertiary/aromatic N) is 4. The van der Waals surface area contributed by atoms with E-state index in [1.165, 1.54) is 12.8 Å². The van der Waals surface area contributed by atoms with E-state index in [9.17, 15) is 4.79 Å². The van der Waals surface area contributed by atoms with E-state index in [-0.39, 0.29) is 17.8 Å². The number of rotatable bonds is 7. The van der Waals surface area contributed by atoms with Crippen LogP contribution in [0, 0.1) is 0 Å². The first-order chi connectivity index (χ1) is 15.7. The van der Waals surface area contributed by atoms with Crippen molar-refractivity contribution in [2.24, 2.45) is 0 Å². The molecule has 2 aromatic heterocycles. The number of nitrogens with one attached hydrogen (secondary N) is 2. The molecule has 1 saturated heterocycles. The van der Waals surface area contributed by atoms with Gasteiger partial charge in [0.15, 0.2) is 0 Å². The zero-order valence-corrected chi connectivity index (χ0v) is 17.6. The van der Waals surface area contributed by atoms with Gasteiger partial charge in [-0.3, -0.25) is 9.69 Å². The lowest BCUT2D eigenvalue weighted by molar-refractivity contribution is 0.0948. The molecule has 5 rings (SSSR count). The van der Waals surface area contributed by atoms with Crippen molar-refractivity contribution in [3.63, 3.8) is 0 Å². The van der Waals surface area contributed by atoms with Crippen LogP contribution in [0.25, 0.3) is 10.9 Å². The number of carbonyl (C=O) groups is 1. The van der Waals surface area contributed by atoms with E-state index in [4.69, 9.17) is 10.5 Å². The van der Waals surface area contributed by atoms with Crippen molar-refractivity contribution >= 4 is 34.4 Å². The maximum atomic E-state index is 12.9. The number of anilines is 3. The Labute approximate surface area is 185 Å². The molecule has 2 aromatic carbocycles. The number of H-pyrrole nitrogens is 1. The number of aromatic amines is 1. The summed E-state index contributed by atoms with van der Waals surface area (Å²) < 4.78 is 6.93. The highest BCUT2D eigenvalue weighted by Crippen LogP contribution is 2.20. The number of aromatic nitrogens is 4. The molecule has 4 aromatic rings. The summed E-state index contributed by atoms with van der Waals surface area (Å²) in [5.41, 5.74) is 8.17. The fourth-order valence-electron chi connectivity index (χ4n) is 3.90. The standard InChI is InChI=1S/C23H25N7O2/c24-22-27-23(28-30(22)21(31)17-3-8-20-16(15-17)9-10-25-20)26-18-4-6-19(7-5-18)32-14-13-29-11-1-2-12-29/h3-10,15,25H,1-2,11-14H2,(H3,24,26,27,28). The Morgan fingerprint density at radius 3 is 2.75 bits per heavy atom. The topological polar surface area (TPSA) is 114 Å². The zero-order chi connectivity index (χ0) is 21.9. The third-order valence-electron chi connectivity index (χ3n) is 5.61. The molecule has 9 nitrogen and oxygen atoms in total. The molecular weight excluding hydrogens is 406 g/mol. The molecule has 1 fully saturated rings. The van der Waals surface area contributed by atoms with E-state index in [1.54, 1.807) is 12.1 Å². The summed E-state index contributed by atoms with van der Waals surface area (Å²) in [4.78, 5) is 22.6. The van der Waals surface area contributed by atoms with E-state index in [0.717, 1.165) is 46.7 Å². The first kappa shape index (κ1) is 20.1. The molecular formula is C23H25N7O2. The highest BCUT2D eigenvalue weighted by molar-refractivity contribution is 6.00. The van der Waals surface area contributed by atoms with Crippen molar-refractivity contribution in [3.8, 4) is 5.75 Å². The second kappa shape index (κ2) is 8.72. The minimum absolute atomic E-state index is 0.0218. The van der Waals surface area contributed by atoms with Gasteiger partial charge in [-0.25, -0.2) is 0 Å². The fourth-order valence-corrected chi connectivity index (χ4v) is 3.90. The van der Waals surface area contributed by atoms with Crippen LogP contribution in [0.5, 0.6) is 5.75 Å². The highest BCUT2D eigenvalue weighted by atomic mass is 16.5. The van der Waals surface area contributed by atoms with Gasteiger partial charge in [0.05, 0.1) is 0 Å². The lowest BCUT2D eigenvalue weighted by atomic mass is 10.1.